The Morgan fingerprint density at radius 2 is 2.31 bits per heavy atom. The SMILES string of the molecule is COc1cccc2[nH]cc(CBr)c12. The van der Waals surface area contributed by atoms with Crippen LogP contribution < -0.4 is 4.74 Å². The van der Waals surface area contributed by atoms with Crippen molar-refractivity contribution in [2.24, 2.45) is 0 Å². The van der Waals surface area contributed by atoms with Gasteiger partial charge in [-0.05, 0) is 17.7 Å². The van der Waals surface area contributed by atoms with E-state index in [0.717, 1.165) is 16.6 Å². The molecule has 0 saturated carbocycles. The van der Waals surface area contributed by atoms with Gasteiger partial charge in [-0.1, -0.05) is 22.0 Å². The van der Waals surface area contributed by atoms with Gasteiger partial charge < -0.3 is 9.72 Å². The van der Waals surface area contributed by atoms with Crippen LogP contribution in [-0.2, 0) is 5.33 Å². The number of H-pyrrole nitrogens is 1. The van der Waals surface area contributed by atoms with Crippen molar-refractivity contribution in [2.75, 3.05) is 7.11 Å². The summed E-state index contributed by atoms with van der Waals surface area (Å²) in [6.45, 7) is 0. The van der Waals surface area contributed by atoms with Crippen LogP contribution in [0, 0.1) is 0 Å². The third kappa shape index (κ3) is 1.33. The van der Waals surface area contributed by atoms with Crippen molar-refractivity contribution in [2.45, 2.75) is 5.33 Å². The summed E-state index contributed by atoms with van der Waals surface area (Å²) in [6.07, 6.45) is 2.00. The molecular weight excluding hydrogens is 230 g/mol. The van der Waals surface area contributed by atoms with Gasteiger partial charge >= 0.3 is 0 Å². The van der Waals surface area contributed by atoms with Crippen molar-refractivity contribution < 1.29 is 4.74 Å². The highest BCUT2D eigenvalue weighted by molar-refractivity contribution is 9.08. The van der Waals surface area contributed by atoms with E-state index in [0.29, 0.717) is 0 Å². The van der Waals surface area contributed by atoms with E-state index in [1.54, 1.807) is 7.11 Å². The van der Waals surface area contributed by atoms with Gasteiger partial charge in [-0.2, -0.15) is 0 Å². The largest absolute Gasteiger partial charge is 0.496 e. The first-order valence-electron chi connectivity index (χ1n) is 4.05. The zero-order valence-electron chi connectivity index (χ0n) is 7.30. The standard InChI is InChI=1S/C10H10BrNO/c1-13-9-4-2-3-8-10(9)7(5-11)6-12-8/h2-4,6,12H,5H2,1H3. The number of ether oxygens (including phenoxy) is 1. The lowest BCUT2D eigenvalue weighted by molar-refractivity contribution is 0.419. The number of hydrogen-bond acceptors (Lipinski definition) is 1. The molecule has 1 aromatic carbocycles. The highest BCUT2D eigenvalue weighted by Gasteiger charge is 2.06. The van der Waals surface area contributed by atoms with Crippen LogP contribution in [0.5, 0.6) is 5.75 Å². The molecule has 0 aliphatic heterocycles. The smallest absolute Gasteiger partial charge is 0.128 e. The Bertz CT molecular complexity index is 422. The van der Waals surface area contributed by atoms with Crippen LogP contribution in [0.1, 0.15) is 5.56 Å². The van der Waals surface area contributed by atoms with Crippen LogP contribution in [-0.4, -0.2) is 12.1 Å². The summed E-state index contributed by atoms with van der Waals surface area (Å²) in [5, 5.41) is 2.01. The minimum Gasteiger partial charge on any atom is -0.496 e. The molecule has 0 spiro atoms. The predicted octanol–water partition coefficient (Wildman–Crippen LogP) is 3.07. The second-order valence-electron chi connectivity index (χ2n) is 2.83. The van der Waals surface area contributed by atoms with E-state index in [9.17, 15) is 0 Å². The lowest BCUT2D eigenvalue weighted by Gasteiger charge is -2.02. The third-order valence-electron chi connectivity index (χ3n) is 2.11. The maximum absolute atomic E-state index is 5.29. The van der Waals surface area contributed by atoms with Crippen molar-refractivity contribution in [3.05, 3.63) is 30.0 Å². The molecule has 68 valence electrons. The predicted molar refractivity (Wildman–Crippen MR) is 57.5 cm³/mol. The first-order chi connectivity index (χ1) is 6.36. The summed E-state index contributed by atoms with van der Waals surface area (Å²) in [5.74, 6) is 0.924. The second kappa shape index (κ2) is 3.42. The average Bonchev–Trinajstić information content (AvgIpc) is 2.60. The zero-order valence-corrected chi connectivity index (χ0v) is 8.89. The Balaban J connectivity index is 2.76. The van der Waals surface area contributed by atoms with E-state index >= 15 is 0 Å². The van der Waals surface area contributed by atoms with Crippen molar-refractivity contribution in [1.82, 2.24) is 4.98 Å². The van der Waals surface area contributed by atoms with Crippen LogP contribution in [0.4, 0.5) is 0 Å². The van der Waals surface area contributed by atoms with Crippen molar-refractivity contribution in [1.29, 1.82) is 0 Å². The molecule has 2 aromatic rings. The van der Waals surface area contributed by atoms with Crippen molar-refractivity contribution in [3.63, 3.8) is 0 Å². The van der Waals surface area contributed by atoms with Gasteiger partial charge in [-0.3, -0.25) is 0 Å². The number of nitrogens with one attached hydrogen (secondary N) is 1. The van der Waals surface area contributed by atoms with Gasteiger partial charge in [-0.15, -0.1) is 0 Å². The number of aromatic nitrogens is 1. The third-order valence-corrected chi connectivity index (χ3v) is 2.72. The second-order valence-corrected chi connectivity index (χ2v) is 3.39. The van der Waals surface area contributed by atoms with Gasteiger partial charge in [0, 0.05) is 22.4 Å². The van der Waals surface area contributed by atoms with E-state index < -0.39 is 0 Å². The molecule has 1 aromatic heterocycles. The Hall–Kier alpha value is -0.960. The zero-order chi connectivity index (χ0) is 9.26. The number of rotatable bonds is 2. The molecule has 3 heteroatoms. The van der Waals surface area contributed by atoms with Crippen LogP contribution >= 0.6 is 15.9 Å². The molecule has 0 amide bonds. The molecule has 0 atom stereocenters. The number of methoxy groups -OCH3 is 1. The summed E-state index contributed by atoms with van der Waals surface area (Å²) in [7, 11) is 1.69. The average molecular weight is 240 g/mol. The minimum atomic E-state index is 0.841. The van der Waals surface area contributed by atoms with E-state index in [-0.39, 0.29) is 0 Å². The number of hydrogen-bond donors (Lipinski definition) is 1. The molecule has 0 bridgehead atoms. The fourth-order valence-electron chi connectivity index (χ4n) is 1.50. The molecule has 0 radical (unpaired) electrons. The molecule has 13 heavy (non-hydrogen) atoms. The summed E-state index contributed by atoms with van der Waals surface area (Å²) in [6, 6.07) is 6.00. The van der Waals surface area contributed by atoms with Gasteiger partial charge in [0.15, 0.2) is 0 Å². The quantitative estimate of drug-likeness (QED) is 0.801. The van der Waals surface area contributed by atoms with Gasteiger partial charge in [0.05, 0.1) is 7.11 Å². The molecule has 0 fully saturated rings. The number of halogens is 1. The number of fused-ring (bicyclic) bond motifs is 1. The Kier molecular flexibility index (Phi) is 2.27. The highest BCUT2D eigenvalue weighted by Crippen LogP contribution is 2.29. The molecule has 0 aliphatic carbocycles. The molecule has 1 N–H and O–H groups in total. The molecule has 2 nitrogen and oxygen atoms in total. The maximum Gasteiger partial charge on any atom is 0.128 e. The monoisotopic (exact) mass is 239 g/mol. The Labute approximate surface area is 85.0 Å². The molecule has 0 unspecified atom stereocenters. The topological polar surface area (TPSA) is 25.0 Å². The van der Waals surface area contributed by atoms with Gasteiger partial charge in [0.25, 0.3) is 0 Å². The van der Waals surface area contributed by atoms with Crippen LogP contribution in [0.3, 0.4) is 0 Å². The maximum atomic E-state index is 5.29. The number of benzene rings is 1. The fourth-order valence-corrected chi connectivity index (χ4v) is 1.94. The summed E-state index contributed by atoms with van der Waals surface area (Å²) in [4.78, 5) is 3.20. The molecule has 0 saturated heterocycles. The van der Waals surface area contributed by atoms with Crippen molar-refractivity contribution >= 4 is 26.8 Å². The van der Waals surface area contributed by atoms with Gasteiger partial charge in [-0.25, -0.2) is 0 Å². The number of alkyl halides is 1. The Morgan fingerprint density at radius 3 is 3.00 bits per heavy atom. The first kappa shape index (κ1) is 8.63. The van der Waals surface area contributed by atoms with Crippen LogP contribution in [0.15, 0.2) is 24.4 Å². The highest BCUT2D eigenvalue weighted by atomic mass is 79.9. The van der Waals surface area contributed by atoms with E-state index in [1.807, 2.05) is 24.4 Å². The van der Waals surface area contributed by atoms with E-state index in [4.69, 9.17) is 4.74 Å². The first-order valence-corrected chi connectivity index (χ1v) is 5.18. The minimum absolute atomic E-state index is 0.841. The van der Waals surface area contributed by atoms with Crippen LogP contribution in [0.25, 0.3) is 10.9 Å². The van der Waals surface area contributed by atoms with Gasteiger partial charge in [0.2, 0.25) is 0 Å². The molecule has 1 heterocycles. The normalized spacial score (nSPS) is 10.6. The van der Waals surface area contributed by atoms with E-state index in [2.05, 4.69) is 20.9 Å². The Morgan fingerprint density at radius 1 is 1.46 bits per heavy atom. The fraction of sp³-hybridized carbons (Fsp3) is 0.200. The van der Waals surface area contributed by atoms with Crippen molar-refractivity contribution in [3.8, 4) is 5.75 Å². The lowest BCUT2D eigenvalue weighted by Crippen LogP contribution is -1.84. The van der Waals surface area contributed by atoms with E-state index in [1.165, 1.54) is 10.9 Å². The molecule has 0 aliphatic rings. The molecule has 2 rings (SSSR count). The van der Waals surface area contributed by atoms with Gasteiger partial charge in [0.1, 0.15) is 5.75 Å². The summed E-state index contributed by atoms with van der Waals surface area (Å²) < 4.78 is 5.29. The lowest BCUT2D eigenvalue weighted by atomic mass is 10.2. The van der Waals surface area contributed by atoms with Crippen LogP contribution in [0.2, 0.25) is 0 Å². The number of aromatic amines is 1. The summed E-state index contributed by atoms with van der Waals surface area (Å²) >= 11 is 3.45. The molecular formula is C10H10BrNO. The summed E-state index contributed by atoms with van der Waals surface area (Å²) in [5.41, 5.74) is 2.35.